The van der Waals surface area contributed by atoms with E-state index in [0.29, 0.717) is 22.6 Å². The molecule has 0 aliphatic rings. The predicted molar refractivity (Wildman–Crippen MR) is 204 cm³/mol. The van der Waals surface area contributed by atoms with Crippen LogP contribution in [-0.2, 0) is 27.1 Å². The van der Waals surface area contributed by atoms with E-state index in [1.807, 2.05) is 24.3 Å². The Morgan fingerprint density at radius 1 is 0.633 bits per heavy atom. The van der Waals surface area contributed by atoms with Crippen molar-refractivity contribution >= 4 is 27.0 Å². The molecule has 266 valence electrons. The van der Waals surface area contributed by atoms with Crippen molar-refractivity contribution in [1.82, 2.24) is 3.97 Å². The minimum absolute atomic E-state index is 0.0943. The summed E-state index contributed by atoms with van der Waals surface area (Å²) in [4.78, 5) is 0. The average molecular weight is 688 g/mol. The van der Waals surface area contributed by atoms with Crippen LogP contribution < -0.4 is 9.47 Å². The summed E-state index contributed by atoms with van der Waals surface area (Å²) in [6, 6.07) is 23.1. The Balaban J connectivity index is 1.05. The molecule has 3 aromatic carbocycles. The molecule has 0 radical (unpaired) electrons. The summed E-state index contributed by atoms with van der Waals surface area (Å²) in [5.74, 6) is 1.32. The molecule has 6 nitrogen and oxygen atoms in total. The van der Waals surface area contributed by atoms with Crippen LogP contribution in [0.3, 0.4) is 0 Å². The summed E-state index contributed by atoms with van der Waals surface area (Å²) in [7, 11) is -0.406. The van der Waals surface area contributed by atoms with Crippen LogP contribution in [0.15, 0.2) is 85.1 Å². The third kappa shape index (κ3) is 13.4. The second-order valence-corrected chi connectivity index (χ2v) is 14.9. The Kier molecular flexibility index (Phi) is 16.8. The van der Waals surface area contributed by atoms with Gasteiger partial charge in [0.25, 0.3) is 0 Å². The van der Waals surface area contributed by atoms with Crippen LogP contribution in [-0.4, -0.2) is 33.2 Å². The highest BCUT2D eigenvalue weighted by atomic mass is 32.2. The zero-order chi connectivity index (χ0) is 34.6. The Hall–Kier alpha value is -3.55. The SMILES string of the molecule is COc1ccc(CS(=O)(=O)n2cc(C=CCCCCCCCCCCCCCCCCOCc3ccccc3)c3cc(OC)ccc32)cc1. The standard InChI is InChI=1S/C42H57NO5S/c1-46-39-27-25-37(26-28-39)35-49(44,45)43-33-38(41-32-40(47-2)29-30-42(41)43)24-20-15-13-11-9-7-5-3-4-6-8-10-12-14-16-21-31-48-34-36-22-18-17-19-23-36/h17-20,22-30,32-33H,3-16,21,31,34-35H2,1-2H3. The lowest BCUT2D eigenvalue weighted by Gasteiger charge is -2.09. The lowest BCUT2D eigenvalue weighted by atomic mass is 10.0. The number of unbranched alkanes of at least 4 members (excludes halogenated alkanes) is 14. The molecule has 0 bridgehead atoms. The monoisotopic (exact) mass is 687 g/mol. The lowest BCUT2D eigenvalue weighted by Crippen LogP contribution is -2.14. The van der Waals surface area contributed by atoms with Gasteiger partial charge in [0.05, 0.1) is 32.1 Å². The van der Waals surface area contributed by atoms with E-state index in [-0.39, 0.29) is 5.75 Å². The molecule has 0 fully saturated rings. The van der Waals surface area contributed by atoms with Crippen LogP contribution in [0.25, 0.3) is 17.0 Å². The van der Waals surface area contributed by atoms with Crippen molar-refractivity contribution in [2.45, 2.75) is 109 Å². The summed E-state index contributed by atoms with van der Waals surface area (Å²) < 4.78 is 44.8. The molecule has 1 heterocycles. The summed E-state index contributed by atoms with van der Waals surface area (Å²) in [5, 5.41) is 0.870. The van der Waals surface area contributed by atoms with Crippen molar-refractivity contribution in [3.63, 3.8) is 0 Å². The van der Waals surface area contributed by atoms with E-state index in [4.69, 9.17) is 14.2 Å². The summed E-state index contributed by atoms with van der Waals surface area (Å²) in [5.41, 5.74) is 3.51. The van der Waals surface area contributed by atoms with E-state index in [1.54, 1.807) is 44.7 Å². The summed E-state index contributed by atoms with van der Waals surface area (Å²) in [6.07, 6.45) is 25.2. The van der Waals surface area contributed by atoms with Gasteiger partial charge in [0.1, 0.15) is 11.5 Å². The number of aromatic nitrogens is 1. The molecule has 7 heteroatoms. The van der Waals surface area contributed by atoms with Crippen molar-refractivity contribution in [2.75, 3.05) is 20.8 Å². The maximum absolute atomic E-state index is 13.5. The van der Waals surface area contributed by atoms with Gasteiger partial charge >= 0.3 is 0 Å². The van der Waals surface area contributed by atoms with Crippen LogP contribution in [0.4, 0.5) is 0 Å². The van der Waals surface area contributed by atoms with Gasteiger partial charge < -0.3 is 14.2 Å². The first-order valence-electron chi connectivity index (χ1n) is 18.3. The quantitative estimate of drug-likeness (QED) is 0.0649. The van der Waals surface area contributed by atoms with Gasteiger partial charge in [0.2, 0.25) is 10.0 Å². The fraction of sp³-hybridized carbons (Fsp3) is 0.476. The van der Waals surface area contributed by atoms with Crippen molar-refractivity contribution < 1.29 is 22.6 Å². The van der Waals surface area contributed by atoms with Crippen LogP contribution in [0, 0.1) is 0 Å². The molecule has 0 aliphatic heterocycles. The molecule has 49 heavy (non-hydrogen) atoms. The van der Waals surface area contributed by atoms with Crippen molar-refractivity contribution in [3.05, 3.63) is 102 Å². The average Bonchev–Trinajstić information content (AvgIpc) is 3.50. The van der Waals surface area contributed by atoms with Gasteiger partial charge in [-0.25, -0.2) is 12.4 Å². The largest absolute Gasteiger partial charge is 0.497 e. The third-order valence-electron chi connectivity index (χ3n) is 9.13. The first kappa shape index (κ1) is 38.3. The summed E-state index contributed by atoms with van der Waals surface area (Å²) >= 11 is 0. The van der Waals surface area contributed by atoms with Crippen LogP contribution in [0.2, 0.25) is 0 Å². The normalized spacial score (nSPS) is 11.9. The second-order valence-electron chi connectivity index (χ2n) is 13.0. The Morgan fingerprint density at radius 2 is 1.20 bits per heavy atom. The van der Waals surface area contributed by atoms with Crippen LogP contribution in [0.1, 0.15) is 113 Å². The number of ether oxygens (including phenoxy) is 3. The van der Waals surface area contributed by atoms with Crippen LogP contribution in [0.5, 0.6) is 11.5 Å². The molecule has 0 unspecified atom stereocenters. The van der Waals surface area contributed by atoms with E-state index in [2.05, 4.69) is 36.4 Å². The van der Waals surface area contributed by atoms with Gasteiger partial charge in [-0.05, 0) is 60.7 Å². The zero-order valence-electron chi connectivity index (χ0n) is 29.8. The molecular weight excluding hydrogens is 631 g/mol. The van der Waals surface area contributed by atoms with E-state index in [9.17, 15) is 8.42 Å². The van der Waals surface area contributed by atoms with Gasteiger partial charge in [-0.1, -0.05) is 132 Å². The predicted octanol–water partition coefficient (Wildman–Crippen LogP) is 11.1. The third-order valence-corrected chi connectivity index (χ3v) is 10.7. The molecule has 0 spiro atoms. The number of benzene rings is 3. The van der Waals surface area contributed by atoms with E-state index >= 15 is 0 Å². The fourth-order valence-corrected chi connectivity index (χ4v) is 7.74. The number of fused-ring (bicyclic) bond motifs is 1. The maximum Gasteiger partial charge on any atom is 0.243 e. The molecule has 4 aromatic rings. The maximum atomic E-state index is 13.5. The van der Waals surface area contributed by atoms with Gasteiger partial charge in [0.15, 0.2) is 0 Å². The minimum Gasteiger partial charge on any atom is -0.497 e. The molecule has 4 rings (SSSR count). The Bertz CT molecular complexity index is 1630. The highest BCUT2D eigenvalue weighted by Gasteiger charge is 2.19. The molecule has 0 atom stereocenters. The second kappa shape index (κ2) is 21.5. The van der Waals surface area contributed by atoms with E-state index < -0.39 is 10.0 Å². The van der Waals surface area contributed by atoms with Crippen molar-refractivity contribution in [2.24, 2.45) is 0 Å². The van der Waals surface area contributed by atoms with E-state index in [1.165, 1.54) is 93.0 Å². The number of nitrogens with zero attached hydrogens (tertiary/aromatic N) is 1. The first-order valence-corrected chi connectivity index (χ1v) is 19.9. The number of hydrogen-bond acceptors (Lipinski definition) is 5. The van der Waals surface area contributed by atoms with Crippen molar-refractivity contribution in [1.29, 1.82) is 0 Å². The first-order chi connectivity index (χ1) is 24.0. The minimum atomic E-state index is -3.63. The molecule has 1 aromatic heterocycles. The molecule has 0 saturated heterocycles. The highest BCUT2D eigenvalue weighted by Crippen LogP contribution is 2.29. The number of rotatable bonds is 25. The Morgan fingerprint density at radius 3 is 1.82 bits per heavy atom. The van der Waals surface area contributed by atoms with Crippen molar-refractivity contribution in [3.8, 4) is 11.5 Å². The lowest BCUT2D eigenvalue weighted by molar-refractivity contribution is 0.116. The van der Waals surface area contributed by atoms with E-state index in [0.717, 1.165) is 37.0 Å². The Labute approximate surface area is 295 Å². The zero-order valence-corrected chi connectivity index (χ0v) is 30.6. The number of methoxy groups -OCH3 is 2. The van der Waals surface area contributed by atoms with Gasteiger partial charge in [-0.15, -0.1) is 0 Å². The fourth-order valence-electron chi connectivity index (χ4n) is 6.26. The number of allylic oxidation sites excluding steroid dienone is 1. The molecule has 0 N–H and O–H groups in total. The number of hydrogen-bond donors (Lipinski definition) is 0. The molecule has 0 aliphatic carbocycles. The van der Waals surface area contributed by atoms with Gasteiger partial charge in [-0.3, -0.25) is 0 Å². The molecule has 0 amide bonds. The van der Waals surface area contributed by atoms with Gasteiger partial charge in [0, 0.05) is 23.8 Å². The van der Waals surface area contributed by atoms with Crippen LogP contribution >= 0.6 is 0 Å². The smallest absolute Gasteiger partial charge is 0.243 e. The molecular formula is C42H57NO5S. The van der Waals surface area contributed by atoms with Gasteiger partial charge in [-0.2, -0.15) is 0 Å². The highest BCUT2D eigenvalue weighted by molar-refractivity contribution is 7.89. The topological polar surface area (TPSA) is 66.8 Å². The molecule has 0 saturated carbocycles. The summed E-state index contributed by atoms with van der Waals surface area (Å²) in [6.45, 7) is 1.60.